The van der Waals surface area contributed by atoms with Crippen LogP contribution in [0.3, 0.4) is 0 Å². The van der Waals surface area contributed by atoms with Gasteiger partial charge in [-0.2, -0.15) is 0 Å². The Labute approximate surface area is 101 Å². The number of hydrogen-bond acceptors (Lipinski definition) is 3. The summed E-state index contributed by atoms with van der Waals surface area (Å²) >= 11 is 1.78. The maximum Gasteiger partial charge on any atom is 0.303 e. The third kappa shape index (κ3) is 5.28. The zero-order valence-electron chi connectivity index (χ0n) is 9.69. The van der Waals surface area contributed by atoms with Gasteiger partial charge in [-0.05, 0) is 37.4 Å². The normalized spacial score (nSPS) is 10.9. The summed E-state index contributed by atoms with van der Waals surface area (Å²) < 4.78 is 0. The lowest BCUT2D eigenvalue weighted by atomic mass is 10.2. The van der Waals surface area contributed by atoms with Gasteiger partial charge in [-0.1, -0.05) is 13.0 Å². The van der Waals surface area contributed by atoms with E-state index < -0.39 is 5.97 Å². The molecule has 0 spiro atoms. The number of carboxylic acids is 1. The van der Waals surface area contributed by atoms with Crippen molar-refractivity contribution in [1.29, 1.82) is 0 Å². The van der Waals surface area contributed by atoms with E-state index in [0.717, 1.165) is 32.5 Å². The third-order valence-electron chi connectivity index (χ3n) is 2.57. The van der Waals surface area contributed by atoms with Crippen molar-refractivity contribution in [2.75, 3.05) is 19.6 Å². The average molecular weight is 241 g/mol. The minimum absolute atomic E-state index is 0.273. The van der Waals surface area contributed by atoms with Gasteiger partial charge in [-0.3, -0.25) is 4.79 Å². The molecule has 0 unspecified atom stereocenters. The van der Waals surface area contributed by atoms with Crippen molar-refractivity contribution in [3.8, 4) is 0 Å². The lowest BCUT2D eigenvalue weighted by molar-refractivity contribution is -0.137. The lowest BCUT2D eigenvalue weighted by Gasteiger charge is -2.19. The first-order valence-electron chi connectivity index (χ1n) is 5.69. The zero-order valence-corrected chi connectivity index (χ0v) is 10.5. The van der Waals surface area contributed by atoms with Crippen LogP contribution >= 0.6 is 11.3 Å². The summed E-state index contributed by atoms with van der Waals surface area (Å²) in [7, 11) is 0. The van der Waals surface area contributed by atoms with E-state index in [2.05, 4.69) is 29.3 Å². The van der Waals surface area contributed by atoms with Crippen LogP contribution in [-0.4, -0.2) is 35.6 Å². The molecule has 1 heterocycles. The van der Waals surface area contributed by atoms with E-state index in [0.29, 0.717) is 0 Å². The van der Waals surface area contributed by atoms with Crippen LogP contribution in [0.1, 0.15) is 24.6 Å². The van der Waals surface area contributed by atoms with Crippen molar-refractivity contribution in [3.05, 3.63) is 22.4 Å². The van der Waals surface area contributed by atoms with Gasteiger partial charge in [0, 0.05) is 17.8 Å². The molecule has 0 saturated carbocycles. The highest BCUT2D eigenvalue weighted by atomic mass is 32.1. The second-order valence-corrected chi connectivity index (χ2v) is 4.79. The van der Waals surface area contributed by atoms with Crippen LogP contribution in [0.4, 0.5) is 0 Å². The predicted molar refractivity (Wildman–Crippen MR) is 67.0 cm³/mol. The smallest absolute Gasteiger partial charge is 0.303 e. The number of nitrogens with zero attached hydrogens (tertiary/aromatic N) is 1. The third-order valence-corrected chi connectivity index (χ3v) is 3.50. The minimum atomic E-state index is -0.700. The quantitative estimate of drug-likeness (QED) is 0.760. The molecule has 0 aliphatic heterocycles. The van der Waals surface area contributed by atoms with E-state index in [-0.39, 0.29) is 6.42 Å². The van der Waals surface area contributed by atoms with Gasteiger partial charge in [0.05, 0.1) is 0 Å². The molecule has 4 heteroatoms. The number of likely N-dealkylation sites (N-methyl/N-ethyl adjacent to an activating group) is 1. The number of aliphatic carboxylic acids is 1. The summed E-state index contributed by atoms with van der Waals surface area (Å²) in [5.41, 5.74) is 0. The molecule has 16 heavy (non-hydrogen) atoms. The fourth-order valence-corrected chi connectivity index (χ4v) is 2.30. The standard InChI is InChI=1S/C12H19NO2S/c1-2-13(8-3-6-12(14)15)9-7-11-5-4-10-16-11/h4-5,10H,2-3,6-9H2,1H3,(H,14,15). The Hall–Kier alpha value is -0.870. The minimum Gasteiger partial charge on any atom is -0.481 e. The van der Waals surface area contributed by atoms with Crippen molar-refractivity contribution in [2.45, 2.75) is 26.2 Å². The van der Waals surface area contributed by atoms with Crippen molar-refractivity contribution < 1.29 is 9.90 Å². The van der Waals surface area contributed by atoms with Crippen molar-refractivity contribution >= 4 is 17.3 Å². The first kappa shape index (κ1) is 13.2. The van der Waals surface area contributed by atoms with Crippen LogP contribution in [0, 0.1) is 0 Å². The Kier molecular flexibility index (Phi) is 6.11. The number of carboxylic acid groups (broad SMARTS) is 1. The molecule has 0 aliphatic rings. The number of rotatable bonds is 8. The molecule has 0 bridgehead atoms. The summed E-state index contributed by atoms with van der Waals surface area (Å²) in [5, 5.41) is 10.7. The summed E-state index contributed by atoms with van der Waals surface area (Å²) in [6.45, 7) is 5.02. The van der Waals surface area contributed by atoms with Gasteiger partial charge in [-0.25, -0.2) is 0 Å². The van der Waals surface area contributed by atoms with E-state index >= 15 is 0 Å². The Balaban J connectivity index is 2.18. The highest BCUT2D eigenvalue weighted by Crippen LogP contribution is 2.10. The predicted octanol–water partition coefficient (Wildman–Crippen LogP) is 2.48. The molecule has 90 valence electrons. The molecule has 1 aromatic rings. The van der Waals surface area contributed by atoms with Gasteiger partial charge in [0.1, 0.15) is 0 Å². The molecule has 0 saturated heterocycles. The fourth-order valence-electron chi connectivity index (χ4n) is 1.61. The number of carbonyl (C=O) groups is 1. The summed E-state index contributed by atoms with van der Waals surface area (Å²) in [6.07, 6.45) is 2.09. The van der Waals surface area contributed by atoms with Crippen LogP contribution < -0.4 is 0 Å². The molecule has 0 atom stereocenters. The van der Waals surface area contributed by atoms with E-state index in [1.165, 1.54) is 4.88 Å². The Morgan fingerprint density at radius 3 is 2.88 bits per heavy atom. The van der Waals surface area contributed by atoms with Gasteiger partial charge in [0.2, 0.25) is 0 Å². The molecule has 0 fully saturated rings. The second-order valence-electron chi connectivity index (χ2n) is 3.76. The zero-order chi connectivity index (χ0) is 11.8. The molecule has 0 aromatic carbocycles. The largest absolute Gasteiger partial charge is 0.481 e. The van der Waals surface area contributed by atoms with E-state index in [1.807, 2.05) is 0 Å². The summed E-state index contributed by atoms with van der Waals surface area (Å²) in [5.74, 6) is -0.700. The first-order chi connectivity index (χ1) is 7.72. The first-order valence-corrected chi connectivity index (χ1v) is 6.57. The Morgan fingerprint density at radius 2 is 2.31 bits per heavy atom. The topological polar surface area (TPSA) is 40.5 Å². The molecular formula is C12H19NO2S. The van der Waals surface area contributed by atoms with Crippen molar-refractivity contribution in [1.82, 2.24) is 4.90 Å². The van der Waals surface area contributed by atoms with E-state index in [4.69, 9.17) is 5.11 Å². The van der Waals surface area contributed by atoms with Gasteiger partial charge in [0.25, 0.3) is 0 Å². The number of hydrogen-bond donors (Lipinski definition) is 1. The fraction of sp³-hybridized carbons (Fsp3) is 0.583. The Bertz CT molecular complexity index is 298. The van der Waals surface area contributed by atoms with Crippen molar-refractivity contribution in [3.63, 3.8) is 0 Å². The summed E-state index contributed by atoms with van der Waals surface area (Å²) in [6, 6.07) is 4.22. The van der Waals surface area contributed by atoms with Crippen LogP contribution in [0.15, 0.2) is 17.5 Å². The molecule has 1 aromatic heterocycles. The molecule has 1 rings (SSSR count). The van der Waals surface area contributed by atoms with Crippen LogP contribution in [-0.2, 0) is 11.2 Å². The monoisotopic (exact) mass is 241 g/mol. The van der Waals surface area contributed by atoms with Gasteiger partial charge >= 0.3 is 5.97 Å². The lowest BCUT2D eigenvalue weighted by Crippen LogP contribution is -2.27. The highest BCUT2D eigenvalue weighted by Gasteiger charge is 2.04. The molecule has 3 nitrogen and oxygen atoms in total. The highest BCUT2D eigenvalue weighted by molar-refractivity contribution is 7.09. The summed E-state index contributed by atoms with van der Waals surface area (Å²) in [4.78, 5) is 14.1. The molecule has 0 amide bonds. The van der Waals surface area contributed by atoms with Crippen LogP contribution in [0.5, 0.6) is 0 Å². The van der Waals surface area contributed by atoms with Gasteiger partial charge in [-0.15, -0.1) is 11.3 Å². The maximum atomic E-state index is 10.4. The van der Waals surface area contributed by atoms with Crippen LogP contribution in [0.25, 0.3) is 0 Å². The number of thiophene rings is 1. The van der Waals surface area contributed by atoms with Gasteiger partial charge in [0.15, 0.2) is 0 Å². The van der Waals surface area contributed by atoms with Crippen LogP contribution in [0.2, 0.25) is 0 Å². The second kappa shape index (κ2) is 7.41. The SMILES string of the molecule is CCN(CCCC(=O)O)CCc1cccs1. The molecular weight excluding hydrogens is 222 g/mol. The Morgan fingerprint density at radius 1 is 1.50 bits per heavy atom. The van der Waals surface area contributed by atoms with Crippen molar-refractivity contribution in [2.24, 2.45) is 0 Å². The maximum absolute atomic E-state index is 10.4. The van der Waals surface area contributed by atoms with E-state index in [9.17, 15) is 4.79 Å². The average Bonchev–Trinajstić information content (AvgIpc) is 2.75. The van der Waals surface area contributed by atoms with E-state index in [1.54, 1.807) is 11.3 Å². The molecule has 0 aliphatic carbocycles. The molecule has 0 radical (unpaired) electrons. The molecule has 1 N–H and O–H groups in total. The van der Waals surface area contributed by atoms with Gasteiger partial charge < -0.3 is 10.0 Å².